The Bertz CT molecular complexity index is 439. The molecule has 0 bridgehead atoms. The highest BCUT2D eigenvalue weighted by molar-refractivity contribution is 5.94. The van der Waals surface area contributed by atoms with Crippen molar-refractivity contribution in [1.82, 2.24) is 4.90 Å². The molecule has 21 heavy (non-hydrogen) atoms. The van der Waals surface area contributed by atoms with E-state index in [0.29, 0.717) is 18.5 Å². The maximum absolute atomic E-state index is 12.9. The summed E-state index contributed by atoms with van der Waals surface area (Å²) in [7, 11) is 0. The maximum Gasteiger partial charge on any atom is 0.254 e. The van der Waals surface area contributed by atoms with E-state index in [1.165, 1.54) is 0 Å². The van der Waals surface area contributed by atoms with Crippen LogP contribution in [-0.2, 0) is 6.42 Å². The average Bonchev–Trinajstić information content (AvgIpc) is 2.47. The number of rotatable bonds is 8. The number of nitrogens with two attached hydrogens (primary N) is 1. The molecule has 118 valence electrons. The summed E-state index contributed by atoms with van der Waals surface area (Å²) in [6, 6.07) is 8.22. The summed E-state index contributed by atoms with van der Waals surface area (Å²) in [6.07, 6.45) is 2.81. The summed E-state index contributed by atoms with van der Waals surface area (Å²) < 4.78 is 0. The van der Waals surface area contributed by atoms with Gasteiger partial charge in [-0.05, 0) is 49.4 Å². The van der Waals surface area contributed by atoms with Gasteiger partial charge in [-0.15, -0.1) is 0 Å². The SMILES string of the molecule is CCC(CC)N(CC(C)C)C(=O)c1cccc(CCN)c1. The van der Waals surface area contributed by atoms with Gasteiger partial charge in [0.15, 0.2) is 0 Å². The van der Waals surface area contributed by atoms with Crippen molar-refractivity contribution < 1.29 is 4.79 Å². The molecule has 0 aliphatic heterocycles. The van der Waals surface area contributed by atoms with Gasteiger partial charge in [-0.3, -0.25) is 4.79 Å². The van der Waals surface area contributed by atoms with Gasteiger partial charge in [0.25, 0.3) is 5.91 Å². The van der Waals surface area contributed by atoms with Gasteiger partial charge in [0.1, 0.15) is 0 Å². The van der Waals surface area contributed by atoms with Crippen molar-refractivity contribution in [3.05, 3.63) is 35.4 Å². The number of hydrogen-bond donors (Lipinski definition) is 1. The third-order valence-corrected chi connectivity index (χ3v) is 3.81. The molecule has 0 aromatic heterocycles. The first-order valence-corrected chi connectivity index (χ1v) is 8.13. The second-order valence-corrected chi connectivity index (χ2v) is 6.06. The normalized spacial score (nSPS) is 11.2. The number of hydrogen-bond acceptors (Lipinski definition) is 2. The van der Waals surface area contributed by atoms with Crippen LogP contribution in [0.5, 0.6) is 0 Å². The zero-order chi connectivity index (χ0) is 15.8. The summed E-state index contributed by atoms with van der Waals surface area (Å²) in [5.74, 6) is 0.623. The lowest BCUT2D eigenvalue weighted by molar-refractivity contribution is 0.0640. The van der Waals surface area contributed by atoms with Crippen LogP contribution in [0.25, 0.3) is 0 Å². The van der Waals surface area contributed by atoms with Crippen LogP contribution < -0.4 is 5.73 Å². The minimum Gasteiger partial charge on any atom is -0.335 e. The quantitative estimate of drug-likeness (QED) is 0.797. The molecule has 1 rings (SSSR count). The van der Waals surface area contributed by atoms with E-state index in [4.69, 9.17) is 5.73 Å². The number of nitrogens with zero attached hydrogens (tertiary/aromatic N) is 1. The first kappa shape index (κ1) is 17.7. The highest BCUT2D eigenvalue weighted by Gasteiger charge is 2.23. The van der Waals surface area contributed by atoms with E-state index in [1.54, 1.807) is 0 Å². The molecule has 0 unspecified atom stereocenters. The van der Waals surface area contributed by atoms with Crippen molar-refractivity contribution in [2.75, 3.05) is 13.1 Å². The molecule has 3 heteroatoms. The highest BCUT2D eigenvalue weighted by atomic mass is 16.2. The Morgan fingerprint density at radius 1 is 1.24 bits per heavy atom. The van der Waals surface area contributed by atoms with Crippen molar-refractivity contribution in [1.29, 1.82) is 0 Å². The number of amides is 1. The Kier molecular flexibility index (Phi) is 7.44. The zero-order valence-electron chi connectivity index (χ0n) is 13.9. The van der Waals surface area contributed by atoms with Gasteiger partial charge in [-0.1, -0.05) is 39.8 Å². The Morgan fingerprint density at radius 3 is 2.43 bits per heavy atom. The average molecular weight is 290 g/mol. The van der Waals surface area contributed by atoms with Crippen LogP contribution in [-0.4, -0.2) is 29.9 Å². The van der Waals surface area contributed by atoms with Crippen molar-refractivity contribution in [2.24, 2.45) is 11.7 Å². The third kappa shape index (κ3) is 5.16. The standard InChI is InChI=1S/C18H30N2O/c1-5-17(6-2)20(13-14(3)4)18(21)16-9-7-8-15(12-16)10-11-19/h7-9,12,14,17H,5-6,10-11,13,19H2,1-4H3. The van der Waals surface area contributed by atoms with Crippen LogP contribution in [0.2, 0.25) is 0 Å². The van der Waals surface area contributed by atoms with Gasteiger partial charge in [-0.25, -0.2) is 0 Å². The van der Waals surface area contributed by atoms with Gasteiger partial charge >= 0.3 is 0 Å². The van der Waals surface area contributed by atoms with Crippen LogP contribution >= 0.6 is 0 Å². The van der Waals surface area contributed by atoms with E-state index in [9.17, 15) is 4.79 Å². The fourth-order valence-corrected chi connectivity index (χ4v) is 2.71. The van der Waals surface area contributed by atoms with Crippen LogP contribution in [0.15, 0.2) is 24.3 Å². The molecule has 0 radical (unpaired) electrons. The Morgan fingerprint density at radius 2 is 1.90 bits per heavy atom. The Hall–Kier alpha value is -1.35. The summed E-state index contributed by atoms with van der Waals surface area (Å²) in [6.45, 7) is 10.0. The fraction of sp³-hybridized carbons (Fsp3) is 0.611. The molecule has 0 fully saturated rings. The lowest BCUT2D eigenvalue weighted by Crippen LogP contribution is -2.42. The van der Waals surface area contributed by atoms with Crippen LogP contribution in [0.3, 0.4) is 0 Å². The summed E-state index contributed by atoms with van der Waals surface area (Å²) in [4.78, 5) is 14.9. The third-order valence-electron chi connectivity index (χ3n) is 3.81. The second-order valence-electron chi connectivity index (χ2n) is 6.06. The summed E-state index contributed by atoms with van der Waals surface area (Å²) >= 11 is 0. The van der Waals surface area contributed by atoms with E-state index in [1.807, 2.05) is 29.2 Å². The van der Waals surface area contributed by atoms with Gasteiger partial charge in [0, 0.05) is 18.2 Å². The van der Waals surface area contributed by atoms with Crippen molar-refractivity contribution in [3.63, 3.8) is 0 Å². The molecule has 0 heterocycles. The highest BCUT2D eigenvalue weighted by Crippen LogP contribution is 2.17. The van der Waals surface area contributed by atoms with E-state index < -0.39 is 0 Å². The molecule has 0 aliphatic rings. The fourth-order valence-electron chi connectivity index (χ4n) is 2.71. The van der Waals surface area contributed by atoms with E-state index in [0.717, 1.165) is 36.9 Å². The lowest BCUT2D eigenvalue weighted by atomic mass is 10.0. The molecule has 3 nitrogen and oxygen atoms in total. The van der Waals surface area contributed by atoms with Crippen LogP contribution in [0, 0.1) is 5.92 Å². The molecule has 2 N–H and O–H groups in total. The second kappa shape index (κ2) is 8.83. The number of carbonyl (C=O) groups excluding carboxylic acids is 1. The topological polar surface area (TPSA) is 46.3 Å². The first-order chi connectivity index (χ1) is 10.0. The van der Waals surface area contributed by atoms with Gasteiger partial charge in [-0.2, -0.15) is 0 Å². The number of carbonyl (C=O) groups is 1. The van der Waals surface area contributed by atoms with Crippen molar-refractivity contribution in [3.8, 4) is 0 Å². The monoisotopic (exact) mass is 290 g/mol. The van der Waals surface area contributed by atoms with Crippen molar-refractivity contribution in [2.45, 2.75) is 53.0 Å². The van der Waals surface area contributed by atoms with E-state index in [-0.39, 0.29) is 5.91 Å². The molecule has 0 aliphatic carbocycles. The largest absolute Gasteiger partial charge is 0.335 e. The molecule has 0 spiro atoms. The Balaban J connectivity index is 3.00. The predicted octanol–water partition coefficient (Wildman–Crippen LogP) is 3.47. The van der Waals surface area contributed by atoms with Gasteiger partial charge in [0.05, 0.1) is 0 Å². The lowest BCUT2D eigenvalue weighted by Gasteiger charge is -2.32. The smallest absolute Gasteiger partial charge is 0.254 e. The van der Waals surface area contributed by atoms with Crippen LogP contribution in [0.1, 0.15) is 56.5 Å². The summed E-state index contributed by atoms with van der Waals surface area (Å²) in [5.41, 5.74) is 7.53. The molecule has 1 amide bonds. The van der Waals surface area contributed by atoms with E-state index >= 15 is 0 Å². The molecule has 0 saturated heterocycles. The number of benzene rings is 1. The van der Waals surface area contributed by atoms with Crippen molar-refractivity contribution >= 4 is 5.91 Å². The molecule has 1 aromatic rings. The Labute approximate surface area is 129 Å². The summed E-state index contributed by atoms with van der Waals surface area (Å²) in [5, 5.41) is 0. The minimum atomic E-state index is 0.149. The molecule has 0 saturated carbocycles. The van der Waals surface area contributed by atoms with Gasteiger partial charge < -0.3 is 10.6 Å². The molecule has 1 aromatic carbocycles. The molecular formula is C18H30N2O. The molecular weight excluding hydrogens is 260 g/mol. The maximum atomic E-state index is 12.9. The zero-order valence-corrected chi connectivity index (χ0v) is 13.9. The van der Waals surface area contributed by atoms with Crippen LogP contribution in [0.4, 0.5) is 0 Å². The van der Waals surface area contributed by atoms with E-state index in [2.05, 4.69) is 27.7 Å². The van der Waals surface area contributed by atoms with Gasteiger partial charge in [0.2, 0.25) is 0 Å². The predicted molar refractivity (Wildman–Crippen MR) is 89.4 cm³/mol. The minimum absolute atomic E-state index is 0.149. The molecule has 0 atom stereocenters. The first-order valence-electron chi connectivity index (χ1n) is 8.13.